The number of amides is 4. The molecule has 0 aromatic carbocycles. The van der Waals surface area contributed by atoms with Crippen LogP contribution in [0.3, 0.4) is 0 Å². The topological polar surface area (TPSA) is 535 Å². The summed E-state index contributed by atoms with van der Waals surface area (Å²) < 4.78 is 89.7. The average Bonchev–Trinajstić information content (AvgIpc) is 1.14. The molecule has 4 amide bonds. The van der Waals surface area contributed by atoms with Gasteiger partial charge in [-0.15, -0.1) is 0 Å². The summed E-state index contributed by atoms with van der Waals surface area (Å²) in [7, 11) is 0. The third kappa shape index (κ3) is 40.0. The van der Waals surface area contributed by atoms with Gasteiger partial charge in [0.1, 0.15) is 79.0 Å². The van der Waals surface area contributed by atoms with Crippen LogP contribution in [-0.2, 0) is 99.8 Å². The number of Topliss-reactive ketones (excluding diaryl/α,β-unsaturated/α-hetero) is 1. The Morgan fingerprint density at radius 2 is 0.706 bits per heavy atom. The van der Waals surface area contributed by atoms with E-state index >= 15 is 0 Å². The first-order chi connectivity index (χ1) is 52.3. The van der Waals surface area contributed by atoms with Crippen LogP contribution in [0.5, 0.6) is 0 Å². The van der Waals surface area contributed by atoms with Gasteiger partial charge in [0.25, 0.3) is 0 Å². The second-order valence-electron chi connectivity index (χ2n) is 28.4. The summed E-state index contributed by atoms with van der Waals surface area (Å²) in [5.41, 5.74) is -1.50. The molecule has 4 heterocycles. The number of β-amino-alcohol motifs (C(OH)–C–C–N with tert-alkyl or cyclic N) is 1. The molecule has 0 aliphatic carbocycles. The van der Waals surface area contributed by atoms with Gasteiger partial charge in [0, 0.05) is 70.1 Å². The van der Waals surface area contributed by atoms with E-state index in [-0.39, 0.29) is 232 Å². The lowest BCUT2D eigenvalue weighted by atomic mass is 9.84. The van der Waals surface area contributed by atoms with Crippen molar-refractivity contribution >= 4 is 29.4 Å². The number of aliphatic hydroxyl groups excluding tert-OH is 13. The summed E-state index contributed by atoms with van der Waals surface area (Å²) in [5.74, 6) is -1.13. The van der Waals surface area contributed by atoms with Crippen LogP contribution in [0, 0.1) is 5.41 Å². The fourth-order valence-corrected chi connectivity index (χ4v) is 12.0. The number of nitrogens with one attached hydrogen (secondary N) is 3. The lowest BCUT2D eigenvalue weighted by molar-refractivity contribution is -0.302. The number of ether oxygens (including phenoxy) is 16. The van der Waals surface area contributed by atoms with Gasteiger partial charge in [-0.3, -0.25) is 24.0 Å². The van der Waals surface area contributed by atoms with E-state index in [0.717, 1.165) is 44.9 Å². The molecule has 109 heavy (non-hydrogen) atoms. The first-order valence-corrected chi connectivity index (χ1v) is 38.2. The number of nitrogens with zero attached hydrogens (tertiary/aromatic N) is 1. The van der Waals surface area contributed by atoms with Crippen molar-refractivity contribution < 1.29 is 166 Å². The van der Waals surface area contributed by atoms with E-state index < -0.39 is 123 Å². The highest BCUT2D eigenvalue weighted by Crippen LogP contribution is 2.29. The largest absolute Gasteiger partial charge is 0.394 e. The quantitative estimate of drug-likeness (QED) is 0.0253. The van der Waals surface area contributed by atoms with Crippen molar-refractivity contribution in [3.8, 4) is 0 Å². The molecular weight excluding hydrogens is 1450 g/mol. The standard InChI is InChI=1S/C71H130N4O34/c1-70(2,3)106-44-48-38-50(80)40-75(48)57(84)13-11-9-7-5-4-6-8-10-12-49(79)39-71(45-100-20-14-54(81)72-17-23-94-26-29-97-32-35-103-67-64(91)61(88)58(85)51(41-76)107-67,46-101-21-15-55(82)73-18-24-95-27-30-98-33-36-104-68-65(92)62(89)59(86)52(42-77)108-68)47-102-22-16-56(83)74-19-25-96-28-31-99-34-37-105-69-66(93)63(90)60(87)53(43-78)109-69/h48,50-53,58-69,76-78,80,85-93H,4-47H2,1-3H3,(H,72,81)(H,73,82)(H,74,83)/t48-,50+,51?,52?,53?,58+,59+,60+,61?,62?,63?,64+,65+,66+,67-,68-,69-,71?/m0/s1. The second-order valence-corrected chi connectivity index (χ2v) is 28.4. The van der Waals surface area contributed by atoms with Gasteiger partial charge in [0.2, 0.25) is 23.6 Å². The van der Waals surface area contributed by atoms with Gasteiger partial charge in [-0.25, -0.2) is 0 Å². The molecule has 38 nitrogen and oxygen atoms in total. The van der Waals surface area contributed by atoms with Crippen molar-refractivity contribution in [2.75, 3.05) is 191 Å². The van der Waals surface area contributed by atoms with Crippen molar-refractivity contribution in [3.05, 3.63) is 0 Å². The third-order valence-electron chi connectivity index (χ3n) is 18.1. The van der Waals surface area contributed by atoms with Crippen LogP contribution < -0.4 is 16.0 Å². The van der Waals surface area contributed by atoms with Crippen LogP contribution >= 0.6 is 0 Å². The number of ketones is 1. The Morgan fingerprint density at radius 1 is 0.385 bits per heavy atom. The zero-order chi connectivity index (χ0) is 79.8. The summed E-state index contributed by atoms with van der Waals surface area (Å²) in [6.45, 7) is 6.18. The smallest absolute Gasteiger partial charge is 0.222 e. The minimum absolute atomic E-state index is 0.0268. The second kappa shape index (κ2) is 56.6. The Balaban J connectivity index is 1.26. The van der Waals surface area contributed by atoms with Gasteiger partial charge in [-0.1, -0.05) is 38.5 Å². The molecule has 17 atom stereocenters. The highest BCUT2D eigenvalue weighted by molar-refractivity contribution is 5.79. The van der Waals surface area contributed by atoms with Gasteiger partial charge >= 0.3 is 0 Å². The minimum atomic E-state index is -1.57. The van der Waals surface area contributed by atoms with Crippen LogP contribution in [-0.4, -0.2) is 402 Å². The van der Waals surface area contributed by atoms with Crippen molar-refractivity contribution in [3.63, 3.8) is 0 Å². The fraction of sp³-hybridized carbons (Fsp3) is 0.930. The van der Waals surface area contributed by atoms with Crippen LogP contribution in [0.15, 0.2) is 0 Å². The predicted molar refractivity (Wildman–Crippen MR) is 379 cm³/mol. The maximum atomic E-state index is 14.1. The van der Waals surface area contributed by atoms with E-state index in [2.05, 4.69) is 16.0 Å². The first-order valence-electron chi connectivity index (χ1n) is 38.2. The van der Waals surface area contributed by atoms with Gasteiger partial charge in [0.05, 0.1) is 183 Å². The van der Waals surface area contributed by atoms with E-state index in [1.807, 2.05) is 20.8 Å². The number of rotatable bonds is 63. The maximum Gasteiger partial charge on any atom is 0.222 e. The molecule has 6 unspecified atom stereocenters. The number of likely N-dealkylation sites (tertiary alicyclic amines) is 1. The monoisotopic (exact) mass is 1580 g/mol. The molecule has 0 saturated carbocycles. The molecule has 0 aromatic rings. The lowest BCUT2D eigenvalue weighted by Crippen LogP contribution is -2.59. The van der Waals surface area contributed by atoms with E-state index in [0.29, 0.717) is 32.4 Å². The molecule has 4 fully saturated rings. The Morgan fingerprint density at radius 3 is 1.05 bits per heavy atom. The lowest BCUT2D eigenvalue weighted by Gasteiger charge is -2.39. The molecule has 0 aromatic heterocycles. The summed E-state index contributed by atoms with van der Waals surface area (Å²) in [4.78, 5) is 67.9. The maximum absolute atomic E-state index is 14.1. The normalized spacial score (nSPS) is 27.2. The predicted octanol–water partition coefficient (Wildman–Crippen LogP) is -5.27. The molecule has 4 saturated heterocycles. The summed E-state index contributed by atoms with van der Waals surface area (Å²) >= 11 is 0. The zero-order valence-electron chi connectivity index (χ0n) is 63.8. The molecule has 0 bridgehead atoms. The van der Waals surface area contributed by atoms with Crippen molar-refractivity contribution in [1.29, 1.82) is 0 Å². The number of aliphatic hydroxyl groups is 13. The first kappa shape index (κ1) is 97.8. The number of unbranched alkanes of at least 4 members (excludes halogenated alkanes) is 7. The SMILES string of the molecule is CC(C)(C)OC[C@@H]1C[C@@H](O)CN1C(=O)CCCCCCCCCCC(=O)CC(COCCC(=O)NCCOCCOCCO[C@H]1OC(CO)[C@@H](O)C(O)[C@H]1O)(COCCC(=O)NCCOCCOCCO[C@H]1OC(CO)[C@@H](O)C(O)[C@H]1O)COCCC(=O)NCCOCCOCCO[C@H]1OC(CO)[C@@H](O)C(O)[C@H]1O. The summed E-state index contributed by atoms with van der Waals surface area (Å²) in [5, 5.41) is 137. The molecule has 4 rings (SSSR count). The molecule has 16 N–H and O–H groups in total. The molecule has 638 valence electrons. The minimum Gasteiger partial charge on any atom is -0.394 e. The molecule has 0 radical (unpaired) electrons. The molecule has 4 aliphatic heterocycles. The van der Waals surface area contributed by atoms with Crippen molar-refractivity contribution in [2.24, 2.45) is 5.41 Å². The van der Waals surface area contributed by atoms with E-state index in [9.17, 15) is 90.4 Å². The third-order valence-corrected chi connectivity index (χ3v) is 18.1. The highest BCUT2D eigenvalue weighted by Gasteiger charge is 2.47. The molecule has 38 heteroatoms. The Bertz CT molecular complexity index is 2220. The average molecular weight is 1580 g/mol. The Labute approximate surface area is 638 Å². The van der Waals surface area contributed by atoms with E-state index in [1.54, 1.807) is 4.90 Å². The van der Waals surface area contributed by atoms with Crippen molar-refractivity contribution in [1.82, 2.24) is 20.9 Å². The van der Waals surface area contributed by atoms with Gasteiger partial charge in [-0.05, 0) is 40.0 Å². The van der Waals surface area contributed by atoms with E-state index in [4.69, 9.17) is 75.8 Å². The number of hydrogen-bond acceptors (Lipinski definition) is 34. The fourth-order valence-electron chi connectivity index (χ4n) is 12.0. The van der Waals surface area contributed by atoms with Gasteiger partial charge < -0.3 is 163 Å². The number of carbonyl (C=O) groups is 5. The number of hydrogen-bond donors (Lipinski definition) is 16. The number of carbonyl (C=O) groups excluding carboxylic acids is 5. The molecular formula is C71H130N4O34. The van der Waals surface area contributed by atoms with Crippen LogP contribution in [0.1, 0.15) is 117 Å². The van der Waals surface area contributed by atoms with Crippen molar-refractivity contribution in [2.45, 2.75) is 227 Å². The Hall–Kier alpha value is -3.61. The summed E-state index contributed by atoms with van der Waals surface area (Å²) in [6, 6.07) is -0.146. The van der Waals surface area contributed by atoms with Crippen LogP contribution in [0.25, 0.3) is 0 Å². The molecule has 4 aliphatic rings. The van der Waals surface area contributed by atoms with Crippen LogP contribution in [0.4, 0.5) is 0 Å². The van der Waals surface area contributed by atoms with Crippen LogP contribution in [0.2, 0.25) is 0 Å². The zero-order valence-corrected chi connectivity index (χ0v) is 63.8. The Kier molecular flexibility index (Phi) is 50.8. The van der Waals surface area contributed by atoms with Gasteiger partial charge in [0.15, 0.2) is 18.9 Å². The summed E-state index contributed by atoms with van der Waals surface area (Å²) in [6.07, 6.45) is -14.0. The van der Waals surface area contributed by atoms with E-state index in [1.165, 1.54) is 0 Å². The molecule has 0 spiro atoms. The van der Waals surface area contributed by atoms with Gasteiger partial charge in [-0.2, -0.15) is 0 Å². The highest BCUT2D eigenvalue weighted by atomic mass is 16.7.